The Labute approximate surface area is 109 Å². The average molecular weight is 265 g/mol. The fourth-order valence-corrected chi connectivity index (χ4v) is 2.26. The maximum atomic E-state index is 11.2. The molecule has 1 fully saturated rings. The van der Waals surface area contributed by atoms with Gasteiger partial charge < -0.3 is 15.7 Å². The molecule has 1 saturated heterocycles. The number of amides is 1. The van der Waals surface area contributed by atoms with Crippen LogP contribution in [0.3, 0.4) is 0 Å². The highest BCUT2D eigenvalue weighted by Crippen LogP contribution is 2.29. The zero-order valence-corrected chi connectivity index (χ0v) is 10.5. The fourth-order valence-electron chi connectivity index (χ4n) is 2.26. The van der Waals surface area contributed by atoms with Crippen LogP contribution in [0.4, 0.5) is 11.4 Å². The molecular formula is C12H15N3O4. The number of carbonyl (C=O) groups excluding carboxylic acids is 1. The molecule has 1 aromatic carbocycles. The van der Waals surface area contributed by atoms with Crippen molar-refractivity contribution in [2.24, 2.45) is 5.73 Å². The monoisotopic (exact) mass is 265 g/mol. The van der Waals surface area contributed by atoms with Crippen molar-refractivity contribution >= 4 is 17.3 Å². The van der Waals surface area contributed by atoms with Gasteiger partial charge in [-0.1, -0.05) is 0 Å². The molecule has 1 aromatic rings. The van der Waals surface area contributed by atoms with Gasteiger partial charge in [-0.05, 0) is 19.1 Å². The van der Waals surface area contributed by atoms with Crippen molar-refractivity contribution in [3.05, 3.63) is 33.9 Å². The second kappa shape index (κ2) is 4.51. The van der Waals surface area contributed by atoms with Crippen molar-refractivity contribution in [2.75, 3.05) is 18.0 Å². The number of nitro benzene ring substituents is 1. The maximum absolute atomic E-state index is 11.2. The molecule has 0 aliphatic carbocycles. The van der Waals surface area contributed by atoms with E-state index in [0.29, 0.717) is 12.1 Å². The molecule has 7 nitrogen and oxygen atoms in total. The van der Waals surface area contributed by atoms with E-state index < -0.39 is 16.4 Å². The first-order chi connectivity index (χ1) is 8.83. The molecular weight excluding hydrogens is 250 g/mol. The Balaban J connectivity index is 2.23. The number of rotatable bonds is 3. The van der Waals surface area contributed by atoms with Crippen molar-refractivity contribution in [1.29, 1.82) is 0 Å². The second-order valence-corrected chi connectivity index (χ2v) is 4.80. The van der Waals surface area contributed by atoms with Gasteiger partial charge in [-0.3, -0.25) is 14.9 Å². The number of aryl methyl sites for hydroxylation is 1. The predicted octanol–water partition coefficient (Wildman–Crippen LogP) is 0.330. The normalized spacial score (nSPS) is 22.5. The number of hydrogen-bond acceptors (Lipinski definition) is 5. The van der Waals surface area contributed by atoms with Crippen molar-refractivity contribution in [2.45, 2.75) is 18.9 Å². The van der Waals surface area contributed by atoms with Crippen molar-refractivity contribution in [3.63, 3.8) is 0 Å². The largest absolute Gasteiger partial charge is 0.378 e. The van der Waals surface area contributed by atoms with Crippen LogP contribution in [0.15, 0.2) is 18.2 Å². The van der Waals surface area contributed by atoms with Gasteiger partial charge in [0.15, 0.2) is 5.60 Å². The van der Waals surface area contributed by atoms with Crippen LogP contribution in [0, 0.1) is 17.0 Å². The molecule has 1 aliphatic heterocycles. The van der Waals surface area contributed by atoms with Crippen LogP contribution >= 0.6 is 0 Å². The lowest BCUT2D eigenvalue weighted by atomic mass is 10.0. The number of hydrogen-bond donors (Lipinski definition) is 2. The SMILES string of the molecule is Cc1cc(N2CC[C@](O)(C(N)=O)C2)ccc1[N+](=O)[O-]. The minimum Gasteiger partial charge on any atom is -0.378 e. The first kappa shape index (κ1) is 13.3. The summed E-state index contributed by atoms with van der Waals surface area (Å²) in [6, 6.07) is 4.70. The number of primary amides is 1. The number of anilines is 1. The van der Waals surface area contributed by atoms with Gasteiger partial charge in [0.2, 0.25) is 0 Å². The Bertz CT molecular complexity index is 546. The summed E-state index contributed by atoms with van der Waals surface area (Å²) in [5, 5.41) is 20.7. The van der Waals surface area contributed by atoms with E-state index in [1.165, 1.54) is 6.07 Å². The van der Waals surface area contributed by atoms with Crippen LogP contribution in [-0.4, -0.2) is 34.6 Å². The molecule has 1 atom stereocenters. The average Bonchev–Trinajstić information content (AvgIpc) is 2.73. The number of nitrogens with zero attached hydrogens (tertiary/aromatic N) is 2. The van der Waals surface area contributed by atoms with E-state index in [1.807, 2.05) is 0 Å². The third kappa shape index (κ3) is 2.37. The Kier molecular flexibility index (Phi) is 3.15. The van der Waals surface area contributed by atoms with Crippen LogP contribution in [0.2, 0.25) is 0 Å². The lowest BCUT2D eigenvalue weighted by Gasteiger charge is -2.21. The minimum absolute atomic E-state index is 0.0492. The summed E-state index contributed by atoms with van der Waals surface area (Å²) in [4.78, 5) is 23.3. The molecule has 1 amide bonds. The standard InChI is InChI=1S/C12H15N3O4/c1-8-6-9(2-3-10(8)15(18)19)14-5-4-12(17,7-14)11(13)16/h2-3,6,17H,4-5,7H2,1H3,(H2,13,16)/t12-/m1/s1. The van der Waals surface area contributed by atoms with E-state index in [0.717, 1.165) is 5.69 Å². The lowest BCUT2D eigenvalue weighted by Crippen LogP contribution is -2.46. The van der Waals surface area contributed by atoms with Gasteiger partial charge in [0.25, 0.3) is 11.6 Å². The van der Waals surface area contributed by atoms with Crippen LogP contribution in [-0.2, 0) is 4.79 Å². The molecule has 19 heavy (non-hydrogen) atoms. The molecule has 0 unspecified atom stereocenters. The highest BCUT2D eigenvalue weighted by Gasteiger charge is 2.41. The van der Waals surface area contributed by atoms with E-state index in [-0.39, 0.29) is 18.7 Å². The molecule has 7 heteroatoms. The van der Waals surface area contributed by atoms with Gasteiger partial charge in [0.1, 0.15) is 0 Å². The molecule has 102 valence electrons. The van der Waals surface area contributed by atoms with Crippen LogP contribution in [0.5, 0.6) is 0 Å². The number of benzene rings is 1. The van der Waals surface area contributed by atoms with Crippen molar-refractivity contribution < 1.29 is 14.8 Å². The van der Waals surface area contributed by atoms with Crippen molar-refractivity contribution in [1.82, 2.24) is 0 Å². The summed E-state index contributed by atoms with van der Waals surface area (Å²) in [7, 11) is 0. The molecule has 0 radical (unpaired) electrons. The first-order valence-corrected chi connectivity index (χ1v) is 5.86. The molecule has 0 spiro atoms. The minimum atomic E-state index is -1.52. The highest BCUT2D eigenvalue weighted by molar-refractivity contribution is 5.85. The number of aliphatic hydroxyl groups is 1. The third-order valence-corrected chi connectivity index (χ3v) is 3.45. The van der Waals surface area contributed by atoms with Gasteiger partial charge in [-0.25, -0.2) is 0 Å². The number of nitrogens with two attached hydrogens (primary N) is 1. The zero-order chi connectivity index (χ0) is 14.2. The van der Waals surface area contributed by atoms with E-state index in [1.54, 1.807) is 24.0 Å². The molecule has 1 heterocycles. The van der Waals surface area contributed by atoms with E-state index in [9.17, 15) is 20.0 Å². The quantitative estimate of drug-likeness (QED) is 0.604. The first-order valence-electron chi connectivity index (χ1n) is 5.86. The summed E-state index contributed by atoms with van der Waals surface area (Å²) >= 11 is 0. The summed E-state index contributed by atoms with van der Waals surface area (Å²) < 4.78 is 0. The molecule has 0 bridgehead atoms. The van der Waals surface area contributed by atoms with Gasteiger partial charge >= 0.3 is 0 Å². The fraction of sp³-hybridized carbons (Fsp3) is 0.417. The van der Waals surface area contributed by atoms with E-state index in [4.69, 9.17) is 5.73 Å². The number of nitro groups is 1. The second-order valence-electron chi connectivity index (χ2n) is 4.80. The van der Waals surface area contributed by atoms with E-state index in [2.05, 4.69) is 0 Å². The van der Waals surface area contributed by atoms with Crippen molar-refractivity contribution in [3.8, 4) is 0 Å². The van der Waals surface area contributed by atoms with Crippen LogP contribution in [0.25, 0.3) is 0 Å². The summed E-state index contributed by atoms with van der Waals surface area (Å²) in [6.07, 6.45) is 0.262. The van der Waals surface area contributed by atoms with Gasteiger partial charge in [-0.2, -0.15) is 0 Å². The summed E-state index contributed by atoms with van der Waals surface area (Å²) in [5.41, 5.74) is 4.97. The van der Waals surface area contributed by atoms with Gasteiger partial charge in [0.05, 0.1) is 11.5 Å². The molecule has 2 rings (SSSR count). The molecule has 1 aliphatic rings. The molecule has 0 aromatic heterocycles. The third-order valence-electron chi connectivity index (χ3n) is 3.45. The predicted molar refractivity (Wildman–Crippen MR) is 68.8 cm³/mol. The Morgan fingerprint density at radius 1 is 1.58 bits per heavy atom. The highest BCUT2D eigenvalue weighted by atomic mass is 16.6. The maximum Gasteiger partial charge on any atom is 0.272 e. The van der Waals surface area contributed by atoms with Gasteiger partial charge in [0, 0.05) is 30.3 Å². The Morgan fingerprint density at radius 3 is 2.74 bits per heavy atom. The summed E-state index contributed by atoms with van der Waals surface area (Å²) in [5.74, 6) is -0.742. The van der Waals surface area contributed by atoms with Gasteiger partial charge in [-0.15, -0.1) is 0 Å². The smallest absolute Gasteiger partial charge is 0.272 e. The molecule has 3 N–H and O–H groups in total. The summed E-state index contributed by atoms with van der Waals surface area (Å²) in [6.45, 7) is 2.24. The Morgan fingerprint density at radius 2 is 2.26 bits per heavy atom. The Hall–Kier alpha value is -2.15. The van der Waals surface area contributed by atoms with Crippen LogP contribution < -0.4 is 10.6 Å². The topological polar surface area (TPSA) is 110 Å². The number of β-amino-alcohol motifs (C(OH)–C–C–N with tert-alkyl or cyclic N) is 1. The molecule has 0 saturated carbocycles. The van der Waals surface area contributed by atoms with E-state index >= 15 is 0 Å². The lowest BCUT2D eigenvalue weighted by molar-refractivity contribution is -0.385. The number of carbonyl (C=O) groups is 1. The zero-order valence-electron chi connectivity index (χ0n) is 10.5. The van der Waals surface area contributed by atoms with Crippen LogP contribution in [0.1, 0.15) is 12.0 Å².